The molecule has 14 heavy (non-hydrogen) atoms. The number of aryl methyl sites for hydroxylation is 1. The molecule has 0 saturated heterocycles. The number of ether oxygens (including phenoxy) is 1. The molecule has 0 saturated carbocycles. The molecule has 1 N–H and O–H groups in total. The number of rotatable bonds is 5. The summed E-state index contributed by atoms with van der Waals surface area (Å²) in [6, 6.07) is 3.87. The second kappa shape index (κ2) is 5.60. The lowest BCUT2D eigenvalue weighted by Gasteiger charge is -2.07. The van der Waals surface area contributed by atoms with Crippen LogP contribution >= 0.6 is 0 Å². The summed E-state index contributed by atoms with van der Waals surface area (Å²) in [5.41, 5.74) is 1.19. The minimum absolute atomic E-state index is 0.254. The van der Waals surface area contributed by atoms with Crippen LogP contribution in [0.3, 0.4) is 0 Å². The Kier molecular flexibility index (Phi) is 4.40. The maximum absolute atomic E-state index is 8.86. The first-order valence-electron chi connectivity index (χ1n) is 4.86. The smallest absolute Gasteiger partial charge is 0.212 e. The van der Waals surface area contributed by atoms with Gasteiger partial charge < -0.3 is 9.84 Å². The van der Waals surface area contributed by atoms with Crippen LogP contribution in [0.5, 0.6) is 5.88 Å². The summed E-state index contributed by atoms with van der Waals surface area (Å²) in [6.07, 6.45) is 3.77. The Morgan fingerprint density at radius 3 is 2.79 bits per heavy atom. The highest BCUT2D eigenvalue weighted by Crippen LogP contribution is 2.11. The Labute approximate surface area is 84.7 Å². The van der Waals surface area contributed by atoms with E-state index in [0.717, 1.165) is 12.8 Å². The fraction of sp³-hybridized carbons (Fsp3) is 0.545. The van der Waals surface area contributed by atoms with Gasteiger partial charge in [0.1, 0.15) is 0 Å². The van der Waals surface area contributed by atoms with Crippen molar-refractivity contribution < 1.29 is 9.84 Å². The number of aromatic nitrogens is 1. The molecule has 0 spiro atoms. The highest BCUT2D eigenvalue weighted by Gasteiger charge is 2.01. The lowest BCUT2D eigenvalue weighted by molar-refractivity contribution is 0.230. The second-order valence-corrected chi connectivity index (χ2v) is 3.54. The van der Waals surface area contributed by atoms with Crippen molar-refractivity contribution in [3.8, 4) is 5.88 Å². The molecular weight excluding hydrogens is 178 g/mol. The van der Waals surface area contributed by atoms with Gasteiger partial charge in [0.25, 0.3) is 0 Å². The van der Waals surface area contributed by atoms with Gasteiger partial charge in [0, 0.05) is 18.9 Å². The van der Waals surface area contributed by atoms with Crippen molar-refractivity contribution in [2.75, 3.05) is 13.7 Å². The van der Waals surface area contributed by atoms with Gasteiger partial charge in [-0.3, -0.25) is 0 Å². The molecule has 0 fully saturated rings. The third-order valence-corrected chi connectivity index (χ3v) is 2.24. The van der Waals surface area contributed by atoms with Gasteiger partial charge in [0.15, 0.2) is 0 Å². The average Bonchev–Trinajstić information content (AvgIpc) is 2.26. The van der Waals surface area contributed by atoms with Crippen molar-refractivity contribution >= 4 is 0 Å². The molecule has 1 unspecified atom stereocenters. The van der Waals surface area contributed by atoms with Crippen molar-refractivity contribution in [1.82, 2.24) is 4.98 Å². The molecule has 0 amide bonds. The summed E-state index contributed by atoms with van der Waals surface area (Å²) < 4.78 is 4.96. The maximum atomic E-state index is 8.86. The minimum atomic E-state index is 0.254. The van der Waals surface area contributed by atoms with Crippen LogP contribution in [-0.2, 0) is 6.42 Å². The zero-order valence-electron chi connectivity index (χ0n) is 8.73. The van der Waals surface area contributed by atoms with E-state index < -0.39 is 0 Å². The normalized spacial score (nSPS) is 12.5. The van der Waals surface area contributed by atoms with Gasteiger partial charge >= 0.3 is 0 Å². The molecule has 1 atom stereocenters. The zero-order valence-corrected chi connectivity index (χ0v) is 8.73. The molecule has 0 aromatic carbocycles. The molecule has 1 aromatic heterocycles. The lowest BCUT2D eigenvalue weighted by Crippen LogP contribution is -2.02. The van der Waals surface area contributed by atoms with E-state index in [-0.39, 0.29) is 6.61 Å². The molecule has 0 aliphatic rings. The molecule has 1 heterocycles. The van der Waals surface area contributed by atoms with Gasteiger partial charge in [0.05, 0.1) is 7.11 Å². The number of aliphatic hydroxyl groups excluding tert-OH is 1. The number of hydrogen-bond donors (Lipinski definition) is 1. The van der Waals surface area contributed by atoms with E-state index in [1.54, 1.807) is 7.11 Å². The third kappa shape index (κ3) is 3.34. The van der Waals surface area contributed by atoms with Gasteiger partial charge in [-0.1, -0.05) is 13.0 Å². The van der Waals surface area contributed by atoms with Gasteiger partial charge in [0.2, 0.25) is 5.88 Å². The van der Waals surface area contributed by atoms with Crippen LogP contribution in [0, 0.1) is 5.92 Å². The van der Waals surface area contributed by atoms with E-state index in [1.807, 2.05) is 25.3 Å². The highest BCUT2D eigenvalue weighted by atomic mass is 16.5. The van der Waals surface area contributed by atoms with E-state index in [2.05, 4.69) is 4.98 Å². The molecule has 1 rings (SSSR count). The van der Waals surface area contributed by atoms with Crippen LogP contribution in [-0.4, -0.2) is 23.8 Å². The first-order valence-corrected chi connectivity index (χ1v) is 4.86. The highest BCUT2D eigenvalue weighted by molar-refractivity contribution is 5.17. The largest absolute Gasteiger partial charge is 0.481 e. The van der Waals surface area contributed by atoms with Crippen molar-refractivity contribution in [3.63, 3.8) is 0 Å². The van der Waals surface area contributed by atoms with Gasteiger partial charge in [-0.2, -0.15) is 0 Å². The molecule has 0 aliphatic carbocycles. The first kappa shape index (κ1) is 11.0. The quantitative estimate of drug-likeness (QED) is 0.776. The maximum Gasteiger partial charge on any atom is 0.212 e. The summed E-state index contributed by atoms with van der Waals surface area (Å²) in [5.74, 6) is 1.00. The number of pyridine rings is 1. The van der Waals surface area contributed by atoms with Crippen molar-refractivity contribution in [1.29, 1.82) is 0 Å². The average molecular weight is 195 g/mol. The Balaban J connectivity index is 2.43. The fourth-order valence-electron chi connectivity index (χ4n) is 1.18. The van der Waals surface area contributed by atoms with Crippen LogP contribution in [0.4, 0.5) is 0 Å². The number of nitrogens with zero attached hydrogens (tertiary/aromatic N) is 1. The molecule has 3 heteroatoms. The van der Waals surface area contributed by atoms with Crippen LogP contribution in [0.25, 0.3) is 0 Å². The van der Waals surface area contributed by atoms with E-state index in [0.29, 0.717) is 11.8 Å². The van der Waals surface area contributed by atoms with Crippen molar-refractivity contribution in [3.05, 3.63) is 23.9 Å². The number of methoxy groups -OCH3 is 1. The summed E-state index contributed by atoms with van der Waals surface area (Å²) in [4.78, 5) is 4.12. The molecule has 0 radical (unpaired) electrons. The van der Waals surface area contributed by atoms with E-state index in [9.17, 15) is 0 Å². The zero-order chi connectivity index (χ0) is 10.4. The molecule has 3 nitrogen and oxygen atoms in total. The number of aliphatic hydroxyl groups is 1. The van der Waals surface area contributed by atoms with E-state index in [4.69, 9.17) is 9.84 Å². The van der Waals surface area contributed by atoms with E-state index >= 15 is 0 Å². The predicted octanol–water partition coefficient (Wildman–Crippen LogP) is 1.65. The first-order chi connectivity index (χ1) is 6.76. The summed E-state index contributed by atoms with van der Waals surface area (Å²) in [5, 5.41) is 8.86. The van der Waals surface area contributed by atoms with Crippen LogP contribution < -0.4 is 4.74 Å². The lowest BCUT2D eigenvalue weighted by atomic mass is 10.0. The Hall–Kier alpha value is -1.09. The van der Waals surface area contributed by atoms with Crippen LogP contribution in [0.2, 0.25) is 0 Å². The van der Waals surface area contributed by atoms with E-state index in [1.165, 1.54) is 5.56 Å². The molecular formula is C11H17NO2. The Bertz CT molecular complexity index is 258. The minimum Gasteiger partial charge on any atom is -0.481 e. The van der Waals surface area contributed by atoms with Gasteiger partial charge in [-0.25, -0.2) is 4.98 Å². The Morgan fingerprint density at radius 2 is 2.29 bits per heavy atom. The monoisotopic (exact) mass is 195 g/mol. The van der Waals surface area contributed by atoms with Gasteiger partial charge in [-0.15, -0.1) is 0 Å². The molecule has 1 aromatic rings. The van der Waals surface area contributed by atoms with Crippen molar-refractivity contribution in [2.45, 2.75) is 19.8 Å². The summed E-state index contributed by atoms with van der Waals surface area (Å²) in [6.45, 7) is 2.29. The third-order valence-electron chi connectivity index (χ3n) is 2.24. The number of hydrogen-bond acceptors (Lipinski definition) is 3. The topological polar surface area (TPSA) is 42.4 Å². The van der Waals surface area contributed by atoms with Crippen LogP contribution in [0.1, 0.15) is 18.9 Å². The SMILES string of the molecule is COc1ccc(CCC(C)CO)cn1. The molecule has 0 aliphatic heterocycles. The molecule has 78 valence electrons. The Morgan fingerprint density at radius 1 is 1.50 bits per heavy atom. The summed E-state index contributed by atoms with van der Waals surface area (Å²) >= 11 is 0. The van der Waals surface area contributed by atoms with Crippen LogP contribution in [0.15, 0.2) is 18.3 Å². The molecule has 0 bridgehead atoms. The standard InChI is InChI=1S/C11H17NO2/c1-9(8-13)3-4-10-5-6-11(14-2)12-7-10/h5-7,9,13H,3-4,8H2,1-2H3. The summed E-state index contributed by atoms with van der Waals surface area (Å²) in [7, 11) is 1.61. The second-order valence-electron chi connectivity index (χ2n) is 3.54. The predicted molar refractivity (Wildman–Crippen MR) is 55.4 cm³/mol. The van der Waals surface area contributed by atoms with Gasteiger partial charge in [-0.05, 0) is 24.3 Å². The fourth-order valence-corrected chi connectivity index (χ4v) is 1.18. The van der Waals surface area contributed by atoms with Crippen molar-refractivity contribution in [2.24, 2.45) is 5.92 Å².